The number of hydrogen-bond donors (Lipinski definition) is 3. The maximum atomic E-state index is 15.7. The number of nitrogens with one attached hydrogen (secondary N) is 3. The molecule has 0 bridgehead atoms. The van der Waals surface area contributed by atoms with Crippen molar-refractivity contribution >= 4 is 23.4 Å². The lowest BCUT2D eigenvalue weighted by molar-refractivity contribution is -0.148. The van der Waals surface area contributed by atoms with Crippen molar-refractivity contribution in [2.45, 2.75) is 51.0 Å². The fraction of sp³-hybridized carbons (Fsp3) is 0.348. The van der Waals surface area contributed by atoms with Gasteiger partial charge in [0.05, 0.1) is 5.69 Å². The van der Waals surface area contributed by atoms with Gasteiger partial charge in [0, 0.05) is 12.6 Å². The van der Waals surface area contributed by atoms with Gasteiger partial charge in [-0.2, -0.15) is 0 Å². The topological polar surface area (TPSA) is 96.5 Å². The number of benzene rings is 2. The summed E-state index contributed by atoms with van der Waals surface area (Å²) in [5, 5.41) is 7.10. The Morgan fingerprint density at radius 3 is 2.45 bits per heavy atom. The first-order valence-electron chi connectivity index (χ1n) is 10.4. The highest BCUT2D eigenvalue weighted by molar-refractivity contribution is 6.10. The van der Waals surface area contributed by atoms with E-state index in [9.17, 15) is 23.2 Å². The zero-order valence-electron chi connectivity index (χ0n) is 18.1. The van der Waals surface area contributed by atoms with Crippen molar-refractivity contribution in [3.8, 4) is 5.75 Å². The Balaban J connectivity index is 1.74. The summed E-state index contributed by atoms with van der Waals surface area (Å²) in [5.41, 5.74) is -2.56. The molecule has 3 rings (SSSR count). The Hall–Kier alpha value is -3.56. The molecule has 1 unspecified atom stereocenters. The van der Waals surface area contributed by atoms with E-state index in [0.717, 1.165) is 12.1 Å². The van der Waals surface area contributed by atoms with Gasteiger partial charge in [0.15, 0.2) is 0 Å². The SMILES string of the molecule is CCCC(F)(C(=O)NCc1cc(F)cc(F)c1)C(=O)N[C@@H]1C(=O)Nc2ccccc2O[C@@H]1C. The molecule has 10 heteroatoms. The Morgan fingerprint density at radius 2 is 1.79 bits per heavy atom. The summed E-state index contributed by atoms with van der Waals surface area (Å²) in [6.45, 7) is 2.72. The minimum absolute atomic E-state index is 0.0584. The summed E-state index contributed by atoms with van der Waals surface area (Å²) in [6.07, 6.45) is -1.19. The van der Waals surface area contributed by atoms with Crippen LogP contribution in [0.2, 0.25) is 0 Å². The average Bonchev–Trinajstić information content (AvgIpc) is 2.87. The lowest BCUT2D eigenvalue weighted by Crippen LogP contribution is -2.60. The second-order valence-electron chi connectivity index (χ2n) is 7.77. The number of para-hydroxylation sites is 2. The molecule has 0 saturated heterocycles. The zero-order valence-corrected chi connectivity index (χ0v) is 18.1. The molecule has 3 N–H and O–H groups in total. The van der Waals surface area contributed by atoms with E-state index in [4.69, 9.17) is 4.74 Å². The molecule has 1 aliphatic heterocycles. The van der Waals surface area contributed by atoms with Crippen LogP contribution in [0.3, 0.4) is 0 Å². The normalized spacial score (nSPS) is 19.2. The maximum Gasteiger partial charge on any atom is 0.268 e. The average molecular weight is 463 g/mol. The number of carbonyl (C=O) groups excluding carboxylic acids is 3. The van der Waals surface area contributed by atoms with Crippen molar-refractivity contribution in [2.75, 3.05) is 5.32 Å². The molecule has 33 heavy (non-hydrogen) atoms. The predicted octanol–water partition coefficient (Wildman–Crippen LogP) is 2.99. The Morgan fingerprint density at radius 1 is 1.12 bits per heavy atom. The van der Waals surface area contributed by atoms with E-state index in [-0.39, 0.29) is 12.0 Å². The second-order valence-corrected chi connectivity index (χ2v) is 7.77. The van der Waals surface area contributed by atoms with Crippen molar-refractivity contribution in [1.29, 1.82) is 0 Å². The lowest BCUT2D eigenvalue weighted by Gasteiger charge is -2.27. The van der Waals surface area contributed by atoms with E-state index in [1.54, 1.807) is 31.2 Å². The van der Waals surface area contributed by atoms with Gasteiger partial charge in [-0.1, -0.05) is 25.5 Å². The number of carbonyl (C=O) groups is 3. The van der Waals surface area contributed by atoms with E-state index >= 15 is 4.39 Å². The highest BCUT2D eigenvalue weighted by Crippen LogP contribution is 2.29. The van der Waals surface area contributed by atoms with Crippen molar-refractivity contribution in [2.24, 2.45) is 0 Å². The summed E-state index contributed by atoms with van der Waals surface area (Å²) in [6, 6.07) is 7.99. The van der Waals surface area contributed by atoms with Gasteiger partial charge < -0.3 is 20.7 Å². The summed E-state index contributed by atoms with van der Waals surface area (Å²) in [7, 11) is 0. The van der Waals surface area contributed by atoms with Crippen LogP contribution in [0.4, 0.5) is 18.9 Å². The number of fused-ring (bicyclic) bond motifs is 1. The van der Waals surface area contributed by atoms with Crippen LogP contribution in [0.25, 0.3) is 0 Å². The third-order valence-electron chi connectivity index (χ3n) is 5.19. The molecule has 0 aliphatic carbocycles. The second kappa shape index (κ2) is 9.93. The standard InChI is InChI=1S/C23H24F3N3O4/c1-3-8-23(26,21(31)27-12-14-9-15(24)11-16(25)10-14)22(32)29-19-13(2)33-18-7-5-4-6-17(18)28-20(19)30/h4-7,9-11,13,19H,3,8,12H2,1-2H3,(H,27,31)(H,28,30)(H,29,32)/t13-,19+,23?/m1/s1. The molecule has 0 aromatic heterocycles. The number of ether oxygens (including phenoxy) is 1. The summed E-state index contributed by atoms with van der Waals surface area (Å²) in [4.78, 5) is 38.1. The van der Waals surface area contributed by atoms with Gasteiger partial charge in [0.2, 0.25) is 0 Å². The third-order valence-corrected chi connectivity index (χ3v) is 5.19. The van der Waals surface area contributed by atoms with E-state index in [1.807, 2.05) is 0 Å². The molecule has 3 amide bonds. The number of rotatable bonds is 7. The van der Waals surface area contributed by atoms with Gasteiger partial charge in [-0.15, -0.1) is 0 Å². The molecule has 7 nitrogen and oxygen atoms in total. The van der Waals surface area contributed by atoms with Crippen LogP contribution in [0, 0.1) is 11.6 Å². The van der Waals surface area contributed by atoms with Gasteiger partial charge in [0.25, 0.3) is 23.4 Å². The lowest BCUT2D eigenvalue weighted by atomic mass is 9.96. The monoisotopic (exact) mass is 463 g/mol. The summed E-state index contributed by atoms with van der Waals surface area (Å²) < 4.78 is 48.1. The van der Waals surface area contributed by atoms with Crippen LogP contribution < -0.4 is 20.7 Å². The smallest absolute Gasteiger partial charge is 0.268 e. The van der Waals surface area contributed by atoms with Crippen molar-refractivity contribution in [3.05, 3.63) is 59.7 Å². The highest BCUT2D eigenvalue weighted by Gasteiger charge is 2.48. The first-order valence-corrected chi connectivity index (χ1v) is 10.4. The van der Waals surface area contributed by atoms with Gasteiger partial charge in [-0.05, 0) is 43.2 Å². The number of alkyl halides is 1. The fourth-order valence-corrected chi connectivity index (χ4v) is 3.51. The summed E-state index contributed by atoms with van der Waals surface area (Å²) in [5.74, 6) is -4.55. The molecule has 0 saturated carbocycles. The van der Waals surface area contributed by atoms with Gasteiger partial charge in [-0.3, -0.25) is 14.4 Å². The van der Waals surface area contributed by atoms with Crippen LogP contribution in [0.15, 0.2) is 42.5 Å². The van der Waals surface area contributed by atoms with Gasteiger partial charge in [-0.25, -0.2) is 13.2 Å². The minimum atomic E-state index is -3.01. The Labute approximate surface area is 188 Å². The highest BCUT2D eigenvalue weighted by atomic mass is 19.1. The van der Waals surface area contributed by atoms with Crippen molar-refractivity contribution in [3.63, 3.8) is 0 Å². The largest absolute Gasteiger partial charge is 0.486 e. The van der Waals surface area contributed by atoms with E-state index in [1.165, 1.54) is 6.92 Å². The number of hydrogen-bond acceptors (Lipinski definition) is 4. The molecule has 0 spiro atoms. The van der Waals surface area contributed by atoms with E-state index < -0.39 is 60.1 Å². The minimum Gasteiger partial charge on any atom is -0.486 e. The third kappa shape index (κ3) is 5.44. The first kappa shape index (κ1) is 24.1. The van der Waals surface area contributed by atoms with Crippen LogP contribution in [-0.2, 0) is 20.9 Å². The molecule has 0 fully saturated rings. The molecule has 1 aliphatic rings. The molecule has 2 aromatic rings. The molecule has 176 valence electrons. The molecular weight excluding hydrogens is 439 g/mol. The fourth-order valence-electron chi connectivity index (χ4n) is 3.51. The van der Waals surface area contributed by atoms with Gasteiger partial charge in [0.1, 0.15) is 29.5 Å². The quantitative estimate of drug-likeness (QED) is 0.550. The molecule has 2 aromatic carbocycles. The number of amides is 3. The van der Waals surface area contributed by atoms with Crippen molar-refractivity contribution < 1.29 is 32.3 Å². The molecular formula is C23H24F3N3O4. The van der Waals surface area contributed by atoms with Gasteiger partial charge >= 0.3 is 0 Å². The molecule has 0 radical (unpaired) electrons. The molecule has 1 heterocycles. The van der Waals surface area contributed by atoms with Crippen LogP contribution in [0.5, 0.6) is 5.75 Å². The van der Waals surface area contributed by atoms with Crippen LogP contribution >= 0.6 is 0 Å². The Kier molecular flexibility index (Phi) is 7.25. The zero-order chi connectivity index (χ0) is 24.2. The van der Waals surface area contributed by atoms with Crippen LogP contribution in [-0.4, -0.2) is 35.5 Å². The van der Waals surface area contributed by atoms with E-state index in [2.05, 4.69) is 16.0 Å². The van der Waals surface area contributed by atoms with Crippen LogP contribution in [0.1, 0.15) is 32.3 Å². The number of halogens is 3. The Bertz CT molecular complexity index is 1040. The predicted molar refractivity (Wildman–Crippen MR) is 114 cm³/mol. The van der Waals surface area contributed by atoms with E-state index in [0.29, 0.717) is 17.5 Å². The molecule has 3 atom stereocenters. The first-order chi connectivity index (χ1) is 15.6. The maximum absolute atomic E-state index is 15.7. The van der Waals surface area contributed by atoms with Crippen molar-refractivity contribution in [1.82, 2.24) is 10.6 Å². The number of anilines is 1. The summed E-state index contributed by atoms with van der Waals surface area (Å²) >= 11 is 0.